The van der Waals surface area contributed by atoms with Gasteiger partial charge in [0.25, 0.3) is 0 Å². The summed E-state index contributed by atoms with van der Waals surface area (Å²) in [6.45, 7) is 0.817. The number of ether oxygens (including phenoxy) is 2. The van der Waals surface area contributed by atoms with Crippen LogP contribution in [0.4, 0.5) is 0 Å². The molecule has 0 saturated carbocycles. The van der Waals surface area contributed by atoms with Crippen molar-refractivity contribution in [3.8, 4) is 11.5 Å². The van der Waals surface area contributed by atoms with Crippen LogP contribution < -0.4 is 9.47 Å². The van der Waals surface area contributed by atoms with E-state index in [0.717, 1.165) is 12.1 Å². The number of nitrogens with zero attached hydrogens (tertiary/aromatic N) is 1. The minimum Gasteiger partial charge on any atom is -0.493 e. The number of benzene rings is 1. The number of rotatable bonds is 3. The predicted octanol–water partition coefficient (Wildman–Crippen LogP) is 1.65. The quantitative estimate of drug-likeness (QED) is 0.798. The Balaban J connectivity index is 2.36. The van der Waals surface area contributed by atoms with Crippen molar-refractivity contribution in [2.75, 3.05) is 27.8 Å². The first kappa shape index (κ1) is 11.9. The molecule has 17 heavy (non-hydrogen) atoms. The zero-order valence-electron chi connectivity index (χ0n) is 10.4. The van der Waals surface area contributed by atoms with Crippen molar-refractivity contribution in [2.45, 2.75) is 12.5 Å². The topological polar surface area (TPSA) is 38.8 Å². The van der Waals surface area contributed by atoms with Gasteiger partial charge in [-0.25, -0.2) is 0 Å². The summed E-state index contributed by atoms with van der Waals surface area (Å²) < 4.78 is 10.4. The van der Waals surface area contributed by atoms with E-state index in [1.165, 1.54) is 0 Å². The maximum Gasteiger partial charge on any atom is 0.161 e. The number of methoxy groups -OCH3 is 2. The summed E-state index contributed by atoms with van der Waals surface area (Å²) >= 11 is 0. The Morgan fingerprint density at radius 1 is 1.24 bits per heavy atom. The molecule has 0 radical (unpaired) electrons. The molecule has 0 spiro atoms. The van der Waals surface area contributed by atoms with E-state index in [1.54, 1.807) is 14.2 Å². The molecule has 0 amide bonds. The number of carbonyl (C=O) groups excluding carboxylic acids is 1. The van der Waals surface area contributed by atoms with Crippen molar-refractivity contribution in [2.24, 2.45) is 0 Å². The molecular formula is C13H17NO3. The van der Waals surface area contributed by atoms with Gasteiger partial charge >= 0.3 is 0 Å². The zero-order valence-corrected chi connectivity index (χ0v) is 10.4. The van der Waals surface area contributed by atoms with E-state index in [1.807, 2.05) is 25.2 Å². The second kappa shape index (κ2) is 4.75. The van der Waals surface area contributed by atoms with Gasteiger partial charge in [-0.15, -0.1) is 0 Å². The summed E-state index contributed by atoms with van der Waals surface area (Å²) in [5.74, 6) is 1.61. The van der Waals surface area contributed by atoms with Gasteiger partial charge in [0, 0.05) is 13.0 Å². The highest BCUT2D eigenvalue weighted by Gasteiger charge is 2.31. The molecule has 4 nitrogen and oxygen atoms in total. The summed E-state index contributed by atoms with van der Waals surface area (Å²) in [7, 11) is 5.17. The van der Waals surface area contributed by atoms with Gasteiger partial charge in [-0.3, -0.25) is 9.69 Å². The van der Waals surface area contributed by atoms with Crippen LogP contribution in [0.5, 0.6) is 11.5 Å². The molecule has 1 saturated heterocycles. The van der Waals surface area contributed by atoms with Crippen molar-refractivity contribution in [1.29, 1.82) is 0 Å². The van der Waals surface area contributed by atoms with Gasteiger partial charge < -0.3 is 9.47 Å². The van der Waals surface area contributed by atoms with E-state index in [4.69, 9.17) is 9.47 Å². The minimum absolute atomic E-state index is 0.144. The Bertz CT molecular complexity index is 431. The molecule has 0 N–H and O–H groups in total. The number of likely N-dealkylation sites (N-methyl/N-ethyl adjacent to an activating group) is 1. The van der Waals surface area contributed by atoms with Crippen LogP contribution in [-0.2, 0) is 4.79 Å². The molecular weight excluding hydrogens is 218 g/mol. The number of hydrogen-bond acceptors (Lipinski definition) is 4. The Kier molecular flexibility index (Phi) is 3.33. The van der Waals surface area contributed by atoms with Crippen LogP contribution in [0, 0.1) is 0 Å². The van der Waals surface area contributed by atoms with E-state index < -0.39 is 0 Å². The van der Waals surface area contributed by atoms with Crippen LogP contribution in [0.15, 0.2) is 18.2 Å². The van der Waals surface area contributed by atoms with E-state index >= 15 is 0 Å². The van der Waals surface area contributed by atoms with E-state index in [-0.39, 0.29) is 11.8 Å². The molecule has 1 aromatic rings. The highest BCUT2D eigenvalue weighted by molar-refractivity contribution is 5.87. The molecule has 0 aromatic heterocycles. The third-order valence-corrected chi connectivity index (χ3v) is 3.18. The molecule has 1 atom stereocenters. The number of ketones is 1. The van der Waals surface area contributed by atoms with Gasteiger partial charge in [0.1, 0.15) is 0 Å². The van der Waals surface area contributed by atoms with Crippen molar-refractivity contribution >= 4 is 5.78 Å². The first-order valence-corrected chi connectivity index (χ1v) is 5.62. The summed E-state index contributed by atoms with van der Waals surface area (Å²) in [5, 5.41) is 0. The van der Waals surface area contributed by atoms with Gasteiger partial charge in [-0.1, -0.05) is 6.07 Å². The molecule has 1 unspecified atom stereocenters. The normalized spacial score (nSPS) is 20.6. The van der Waals surface area contributed by atoms with E-state index in [0.29, 0.717) is 17.9 Å². The molecule has 2 rings (SSSR count). The third-order valence-electron chi connectivity index (χ3n) is 3.18. The van der Waals surface area contributed by atoms with Crippen molar-refractivity contribution in [3.63, 3.8) is 0 Å². The zero-order chi connectivity index (χ0) is 12.4. The Hall–Kier alpha value is -1.55. The highest BCUT2D eigenvalue weighted by Crippen LogP contribution is 2.34. The Labute approximate surface area is 101 Å². The second-order valence-electron chi connectivity index (χ2n) is 4.21. The maximum atomic E-state index is 11.8. The van der Waals surface area contributed by atoms with Gasteiger partial charge in [0.2, 0.25) is 0 Å². The van der Waals surface area contributed by atoms with Crippen molar-refractivity contribution < 1.29 is 14.3 Å². The molecule has 92 valence electrons. The van der Waals surface area contributed by atoms with Crippen LogP contribution in [-0.4, -0.2) is 38.5 Å². The monoisotopic (exact) mass is 235 g/mol. The Morgan fingerprint density at radius 3 is 2.47 bits per heavy atom. The van der Waals surface area contributed by atoms with Crippen LogP contribution in [0.3, 0.4) is 0 Å². The van der Waals surface area contributed by atoms with Crippen LogP contribution in [0.2, 0.25) is 0 Å². The maximum absolute atomic E-state index is 11.8. The largest absolute Gasteiger partial charge is 0.493 e. The Morgan fingerprint density at radius 2 is 1.94 bits per heavy atom. The highest BCUT2D eigenvalue weighted by atomic mass is 16.5. The van der Waals surface area contributed by atoms with Crippen molar-refractivity contribution in [3.05, 3.63) is 23.8 Å². The first-order chi connectivity index (χ1) is 8.17. The molecule has 1 aromatic carbocycles. The molecule has 1 fully saturated rings. The van der Waals surface area contributed by atoms with Gasteiger partial charge in [0.15, 0.2) is 17.3 Å². The lowest BCUT2D eigenvalue weighted by Crippen LogP contribution is -2.21. The van der Waals surface area contributed by atoms with E-state index in [9.17, 15) is 4.79 Å². The standard InChI is InChI=1S/C13H17NO3/c1-14-7-6-10(15)13(14)9-4-5-11(16-2)12(8-9)17-3/h4-5,8,13H,6-7H2,1-3H3. The average molecular weight is 235 g/mol. The smallest absolute Gasteiger partial charge is 0.161 e. The molecule has 1 heterocycles. The molecule has 1 aliphatic heterocycles. The fourth-order valence-electron chi connectivity index (χ4n) is 2.26. The van der Waals surface area contributed by atoms with Gasteiger partial charge in [-0.2, -0.15) is 0 Å². The van der Waals surface area contributed by atoms with Crippen LogP contribution >= 0.6 is 0 Å². The summed E-state index contributed by atoms with van der Waals surface area (Å²) in [6.07, 6.45) is 0.621. The second-order valence-corrected chi connectivity index (χ2v) is 4.21. The molecule has 0 aliphatic carbocycles. The molecule has 4 heteroatoms. The molecule has 0 bridgehead atoms. The predicted molar refractivity (Wildman–Crippen MR) is 64.5 cm³/mol. The number of hydrogen-bond donors (Lipinski definition) is 0. The lowest BCUT2D eigenvalue weighted by molar-refractivity contribution is -0.119. The SMILES string of the molecule is COc1ccc(C2C(=O)CCN2C)cc1OC. The summed E-state index contributed by atoms with van der Waals surface area (Å²) in [5.41, 5.74) is 0.965. The van der Waals surface area contributed by atoms with Crippen molar-refractivity contribution in [1.82, 2.24) is 4.90 Å². The van der Waals surface area contributed by atoms with Gasteiger partial charge in [0.05, 0.1) is 20.3 Å². The molecule has 1 aliphatic rings. The fourth-order valence-corrected chi connectivity index (χ4v) is 2.26. The lowest BCUT2D eigenvalue weighted by Gasteiger charge is -2.19. The number of Topliss-reactive ketones (excluding diaryl/α,β-unsaturated/α-hetero) is 1. The summed E-state index contributed by atoms with van der Waals surface area (Å²) in [4.78, 5) is 13.9. The summed E-state index contributed by atoms with van der Waals surface area (Å²) in [6, 6.07) is 5.50. The van der Waals surface area contributed by atoms with E-state index in [2.05, 4.69) is 4.90 Å². The first-order valence-electron chi connectivity index (χ1n) is 5.62. The lowest BCUT2D eigenvalue weighted by atomic mass is 10.0. The van der Waals surface area contributed by atoms with Gasteiger partial charge in [-0.05, 0) is 24.7 Å². The minimum atomic E-state index is -0.144. The number of likely N-dealkylation sites (tertiary alicyclic amines) is 1. The fraction of sp³-hybridized carbons (Fsp3) is 0.462. The van der Waals surface area contributed by atoms with Crippen LogP contribution in [0.25, 0.3) is 0 Å². The third kappa shape index (κ3) is 2.13. The van der Waals surface area contributed by atoms with Crippen LogP contribution in [0.1, 0.15) is 18.0 Å². The average Bonchev–Trinajstić information content (AvgIpc) is 2.68. The number of carbonyl (C=O) groups is 1.